The molecule has 4 heteroatoms. The monoisotopic (exact) mass is 295 g/mol. The summed E-state index contributed by atoms with van der Waals surface area (Å²) in [6.45, 7) is 2.02. The molecule has 1 unspecified atom stereocenters. The zero-order chi connectivity index (χ0) is 12.3. The number of aliphatic hydroxyl groups excluding tert-OH is 1. The normalized spacial score (nSPS) is 12.6. The molecular formula is C13H14BrNO2. The molecule has 90 valence electrons. The minimum Gasteiger partial charge on any atom is -0.463 e. The summed E-state index contributed by atoms with van der Waals surface area (Å²) in [4.78, 5) is 4.22. The molecular weight excluding hydrogens is 282 g/mol. The minimum absolute atomic E-state index is 0.462. The molecule has 0 fully saturated rings. The predicted molar refractivity (Wildman–Crippen MR) is 68.7 cm³/mol. The zero-order valence-corrected chi connectivity index (χ0v) is 11.1. The van der Waals surface area contributed by atoms with Crippen LogP contribution in [0.4, 0.5) is 0 Å². The van der Waals surface area contributed by atoms with Gasteiger partial charge in [-0.1, -0.05) is 6.92 Å². The summed E-state index contributed by atoms with van der Waals surface area (Å²) >= 11 is 3.33. The SMILES string of the molecule is CCc1ccc(C(O)Cc2ccc(Br)cn2)o1. The summed E-state index contributed by atoms with van der Waals surface area (Å²) in [6, 6.07) is 7.52. The summed E-state index contributed by atoms with van der Waals surface area (Å²) in [5.74, 6) is 1.49. The molecule has 2 heterocycles. The molecule has 0 aliphatic rings. The van der Waals surface area contributed by atoms with E-state index in [1.165, 1.54) is 0 Å². The average Bonchev–Trinajstić information content (AvgIpc) is 2.81. The van der Waals surface area contributed by atoms with Gasteiger partial charge in [-0.3, -0.25) is 4.98 Å². The molecule has 2 rings (SSSR count). The molecule has 0 aliphatic carbocycles. The highest BCUT2D eigenvalue weighted by atomic mass is 79.9. The minimum atomic E-state index is -0.635. The number of hydrogen-bond donors (Lipinski definition) is 1. The van der Waals surface area contributed by atoms with Crippen molar-refractivity contribution in [3.63, 3.8) is 0 Å². The van der Waals surface area contributed by atoms with Gasteiger partial charge in [-0.05, 0) is 40.2 Å². The molecule has 2 aromatic rings. The number of furan rings is 1. The largest absolute Gasteiger partial charge is 0.463 e. The maximum Gasteiger partial charge on any atom is 0.133 e. The first-order valence-corrected chi connectivity index (χ1v) is 6.35. The molecule has 0 spiro atoms. The van der Waals surface area contributed by atoms with Gasteiger partial charge >= 0.3 is 0 Å². The van der Waals surface area contributed by atoms with Gasteiger partial charge in [0.05, 0.1) is 0 Å². The first kappa shape index (κ1) is 12.3. The molecule has 0 saturated heterocycles. The molecule has 0 radical (unpaired) electrons. The van der Waals surface area contributed by atoms with Crippen LogP contribution in [0.3, 0.4) is 0 Å². The third kappa shape index (κ3) is 3.17. The van der Waals surface area contributed by atoms with Crippen LogP contribution in [-0.2, 0) is 12.8 Å². The van der Waals surface area contributed by atoms with Crippen molar-refractivity contribution in [2.45, 2.75) is 25.9 Å². The maximum atomic E-state index is 10.0. The number of rotatable bonds is 4. The number of halogens is 1. The lowest BCUT2D eigenvalue weighted by Gasteiger charge is -2.07. The molecule has 0 aliphatic heterocycles. The first-order valence-electron chi connectivity index (χ1n) is 5.56. The van der Waals surface area contributed by atoms with Gasteiger partial charge in [-0.25, -0.2) is 0 Å². The van der Waals surface area contributed by atoms with E-state index in [9.17, 15) is 5.11 Å². The maximum absolute atomic E-state index is 10.0. The zero-order valence-electron chi connectivity index (χ0n) is 9.56. The van der Waals surface area contributed by atoms with Gasteiger partial charge in [0.2, 0.25) is 0 Å². The lowest BCUT2D eigenvalue weighted by atomic mass is 10.1. The fourth-order valence-electron chi connectivity index (χ4n) is 1.59. The van der Waals surface area contributed by atoms with Crippen LogP contribution in [0.25, 0.3) is 0 Å². The quantitative estimate of drug-likeness (QED) is 0.942. The van der Waals surface area contributed by atoms with E-state index in [0.29, 0.717) is 12.2 Å². The van der Waals surface area contributed by atoms with E-state index in [2.05, 4.69) is 20.9 Å². The standard InChI is InChI=1S/C13H14BrNO2/c1-2-11-5-6-13(17-11)12(16)7-10-4-3-9(14)8-15-10/h3-6,8,12,16H,2,7H2,1H3. The Kier molecular flexibility index (Phi) is 3.97. The lowest BCUT2D eigenvalue weighted by Crippen LogP contribution is -2.02. The van der Waals surface area contributed by atoms with Crippen molar-refractivity contribution in [2.24, 2.45) is 0 Å². The van der Waals surface area contributed by atoms with Crippen LogP contribution in [0.15, 0.2) is 39.4 Å². The summed E-state index contributed by atoms with van der Waals surface area (Å²) in [7, 11) is 0. The highest BCUT2D eigenvalue weighted by Crippen LogP contribution is 2.20. The predicted octanol–water partition coefficient (Wildman–Crippen LogP) is 3.28. The molecule has 17 heavy (non-hydrogen) atoms. The second-order valence-electron chi connectivity index (χ2n) is 3.85. The molecule has 1 atom stereocenters. The van der Waals surface area contributed by atoms with E-state index in [4.69, 9.17) is 4.42 Å². The molecule has 2 aromatic heterocycles. The van der Waals surface area contributed by atoms with Gasteiger partial charge in [0.1, 0.15) is 17.6 Å². The molecule has 1 N–H and O–H groups in total. The number of aryl methyl sites for hydroxylation is 1. The van der Waals surface area contributed by atoms with Crippen molar-refractivity contribution < 1.29 is 9.52 Å². The van der Waals surface area contributed by atoms with Crippen molar-refractivity contribution in [1.29, 1.82) is 0 Å². The highest BCUT2D eigenvalue weighted by Gasteiger charge is 2.13. The van der Waals surface area contributed by atoms with Crippen LogP contribution in [0.5, 0.6) is 0 Å². The van der Waals surface area contributed by atoms with Crippen molar-refractivity contribution in [3.05, 3.63) is 52.1 Å². The number of hydrogen-bond acceptors (Lipinski definition) is 3. The number of aliphatic hydroxyl groups is 1. The van der Waals surface area contributed by atoms with Crippen LogP contribution in [0, 0.1) is 0 Å². The van der Waals surface area contributed by atoms with Crippen molar-refractivity contribution in [3.8, 4) is 0 Å². The summed E-state index contributed by atoms with van der Waals surface area (Å²) in [5.41, 5.74) is 0.843. The summed E-state index contributed by atoms with van der Waals surface area (Å²) < 4.78 is 6.44. The molecule has 0 amide bonds. The fourth-order valence-corrected chi connectivity index (χ4v) is 1.82. The van der Waals surface area contributed by atoms with Gasteiger partial charge in [-0.15, -0.1) is 0 Å². The van der Waals surface area contributed by atoms with E-state index < -0.39 is 6.10 Å². The Labute approximate surface area is 109 Å². The number of nitrogens with zero attached hydrogens (tertiary/aromatic N) is 1. The Hall–Kier alpha value is -1.13. The topological polar surface area (TPSA) is 46.3 Å². The highest BCUT2D eigenvalue weighted by molar-refractivity contribution is 9.10. The molecule has 0 saturated carbocycles. The fraction of sp³-hybridized carbons (Fsp3) is 0.308. The van der Waals surface area contributed by atoms with Crippen LogP contribution in [0.1, 0.15) is 30.2 Å². The summed E-state index contributed by atoms with van der Waals surface area (Å²) in [5, 5.41) is 10.0. The Bertz CT molecular complexity index is 478. The lowest BCUT2D eigenvalue weighted by molar-refractivity contribution is 0.147. The smallest absolute Gasteiger partial charge is 0.133 e. The third-order valence-corrected chi connectivity index (χ3v) is 3.02. The van der Waals surface area contributed by atoms with Gasteiger partial charge in [0.15, 0.2) is 0 Å². The van der Waals surface area contributed by atoms with E-state index in [0.717, 1.165) is 22.3 Å². The van der Waals surface area contributed by atoms with E-state index >= 15 is 0 Å². The summed E-state index contributed by atoms with van der Waals surface area (Å²) in [6.07, 6.45) is 2.39. The number of pyridine rings is 1. The van der Waals surface area contributed by atoms with Gasteiger partial charge < -0.3 is 9.52 Å². The number of aromatic nitrogens is 1. The Morgan fingerprint density at radius 3 is 2.76 bits per heavy atom. The van der Waals surface area contributed by atoms with Crippen LogP contribution >= 0.6 is 15.9 Å². The van der Waals surface area contributed by atoms with Crippen LogP contribution in [-0.4, -0.2) is 10.1 Å². The van der Waals surface area contributed by atoms with Crippen molar-refractivity contribution >= 4 is 15.9 Å². The second kappa shape index (κ2) is 5.47. The first-order chi connectivity index (χ1) is 8.19. The van der Waals surface area contributed by atoms with Crippen molar-refractivity contribution in [1.82, 2.24) is 4.98 Å². The van der Waals surface area contributed by atoms with E-state index in [-0.39, 0.29) is 0 Å². The molecule has 0 aromatic carbocycles. The van der Waals surface area contributed by atoms with E-state index in [1.807, 2.05) is 31.2 Å². The van der Waals surface area contributed by atoms with Crippen LogP contribution < -0.4 is 0 Å². The third-order valence-electron chi connectivity index (χ3n) is 2.55. The Balaban J connectivity index is 2.05. The molecule has 3 nitrogen and oxygen atoms in total. The Morgan fingerprint density at radius 1 is 1.35 bits per heavy atom. The van der Waals surface area contributed by atoms with Crippen molar-refractivity contribution in [2.75, 3.05) is 0 Å². The van der Waals surface area contributed by atoms with E-state index in [1.54, 1.807) is 6.20 Å². The van der Waals surface area contributed by atoms with Gasteiger partial charge in [-0.2, -0.15) is 0 Å². The van der Waals surface area contributed by atoms with Crippen LogP contribution in [0.2, 0.25) is 0 Å². The van der Waals surface area contributed by atoms with Gasteiger partial charge in [0, 0.05) is 29.2 Å². The average molecular weight is 296 g/mol. The van der Waals surface area contributed by atoms with Gasteiger partial charge in [0.25, 0.3) is 0 Å². The second-order valence-corrected chi connectivity index (χ2v) is 4.76. The Morgan fingerprint density at radius 2 is 2.18 bits per heavy atom. The molecule has 0 bridgehead atoms.